The lowest BCUT2D eigenvalue weighted by Crippen LogP contribution is -2.47. The van der Waals surface area contributed by atoms with Gasteiger partial charge in [0.25, 0.3) is 0 Å². The molecule has 6 nitrogen and oxygen atoms in total. The Bertz CT molecular complexity index is 722. The number of likely N-dealkylation sites (tertiary alicyclic amines) is 1. The second-order valence-electron chi connectivity index (χ2n) is 8.51. The molecule has 1 aromatic heterocycles. The molecule has 0 aromatic carbocycles. The third-order valence-electron chi connectivity index (χ3n) is 5.39. The van der Waals surface area contributed by atoms with Gasteiger partial charge in [-0.1, -0.05) is 13.8 Å². The Labute approximate surface area is 172 Å². The van der Waals surface area contributed by atoms with Gasteiger partial charge in [-0.15, -0.1) is 11.3 Å². The van der Waals surface area contributed by atoms with Crippen LogP contribution in [0.5, 0.6) is 0 Å². The highest BCUT2D eigenvalue weighted by Crippen LogP contribution is 2.33. The van der Waals surface area contributed by atoms with Crippen LogP contribution in [0, 0.1) is 5.41 Å². The van der Waals surface area contributed by atoms with E-state index in [0.29, 0.717) is 37.6 Å². The molecule has 2 fully saturated rings. The van der Waals surface area contributed by atoms with E-state index in [1.165, 1.54) is 4.90 Å². The first-order chi connectivity index (χ1) is 13.5. The van der Waals surface area contributed by atoms with Gasteiger partial charge in [0, 0.05) is 50.9 Å². The number of hydrogen-bond donors (Lipinski definition) is 0. The molecular weight excluding hydrogens is 405 g/mol. The molecule has 2 aliphatic heterocycles. The maximum absolute atomic E-state index is 12.7. The quantitative estimate of drug-likeness (QED) is 0.510. The molecule has 29 heavy (non-hydrogen) atoms. The number of halogens is 3. The summed E-state index contributed by atoms with van der Waals surface area (Å²) in [4.78, 5) is 33.6. The number of rotatable bonds is 6. The summed E-state index contributed by atoms with van der Waals surface area (Å²) in [5.74, 6) is -0.164. The third-order valence-corrected chi connectivity index (χ3v) is 6.29. The van der Waals surface area contributed by atoms with E-state index >= 15 is 0 Å². The molecule has 0 unspecified atom stereocenters. The SMILES string of the molecule is CC1(C)CC(=O)N(CCCCN2CCN(c3nc(C(F)(F)F)cs3)CC2)C(=O)C1. The maximum atomic E-state index is 12.7. The van der Waals surface area contributed by atoms with Crippen molar-refractivity contribution < 1.29 is 22.8 Å². The minimum Gasteiger partial charge on any atom is -0.346 e. The molecular formula is C19H27F3N4O2S. The Hall–Kier alpha value is -1.68. The van der Waals surface area contributed by atoms with Crippen LogP contribution in [0.15, 0.2) is 5.38 Å². The Morgan fingerprint density at radius 1 is 1.03 bits per heavy atom. The van der Waals surface area contributed by atoms with E-state index in [4.69, 9.17) is 0 Å². The topological polar surface area (TPSA) is 56.8 Å². The van der Waals surface area contributed by atoms with Gasteiger partial charge in [0.05, 0.1) is 0 Å². The molecule has 0 aliphatic carbocycles. The highest BCUT2D eigenvalue weighted by molar-refractivity contribution is 7.13. The number of piperazine rings is 1. The molecule has 2 saturated heterocycles. The van der Waals surface area contributed by atoms with E-state index in [1.54, 1.807) is 0 Å². The van der Waals surface area contributed by atoms with Crippen LogP contribution in [0.1, 0.15) is 45.2 Å². The average Bonchev–Trinajstić information content (AvgIpc) is 3.10. The van der Waals surface area contributed by atoms with Crippen LogP contribution < -0.4 is 4.90 Å². The van der Waals surface area contributed by atoms with Crippen LogP contribution in [0.4, 0.5) is 18.3 Å². The third kappa shape index (κ3) is 5.69. The number of carbonyl (C=O) groups is 2. The molecule has 10 heteroatoms. The molecule has 3 heterocycles. The molecule has 1 aromatic rings. The van der Waals surface area contributed by atoms with E-state index in [2.05, 4.69) is 9.88 Å². The number of thiazole rings is 1. The second-order valence-corrected chi connectivity index (χ2v) is 9.34. The van der Waals surface area contributed by atoms with Crippen LogP contribution in [0.2, 0.25) is 0 Å². The molecule has 0 saturated carbocycles. The molecule has 0 N–H and O–H groups in total. The molecule has 0 radical (unpaired) electrons. The van der Waals surface area contributed by atoms with Crippen molar-refractivity contribution in [2.24, 2.45) is 5.41 Å². The smallest absolute Gasteiger partial charge is 0.346 e. The van der Waals surface area contributed by atoms with Gasteiger partial charge in [-0.2, -0.15) is 13.2 Å². The minimum atomic E-state index is -4.40. The lowest BCUT2D eigenvalue weighted by Gasteiger charge is -2.35. The molecule has 2 aliphatic rings. The van der Waals surface area contributed by atoms with Crippen molar-refractivity contribution in [3.8, 4) is 0 Å². The van der Waals surface area contributed by atoms with Gasteiger partial charge in [-0.3, -0.25) is 19.4 Å². The summed E-state index contributed by atoms with van der Waals surface area (Å²) in [7, 11) is 0. The van der Waals surface area contributed by atoms with Crippen molar-refractivity contribution in [2.75, 3.05) is 44.2 Å². The zero-order chi connectivity index (χ0) is 21.2. The van der Waals surface area contributed by atoms with Crippen LogP contribution in [0.3, 0.4) is 0 Å². The maximum Gasteiger partial charge on any atom is 0.434 e. The van der Waals surface area contributed by atoms with Crippen LogP contribution in [-0.4, -0.2) is 65.9 Å². The van der Waals surface area contributed by atoms with Crippen molar-refractivity contribution in [2.45, 2.75) is 45.7 Å². The van der Waals surface area contributed by atoms with Gasteiger partial charge in [0.1, 0.15) is 0 Å². The summed E-state index contributed by atoms with van der Waals surface area (Å²) in [6.07, 6.45) is -1.94. The van der Waals surface area contributed by atoms with Crippen LogP contribution >= 0.6 is 11.3 Å². The first-order valence-corrected chi connectivity index (χ1v) is 10.8. The predicted molar refractivity (Wildman–Crippen MR) is 105 cm³/mol. The number of hydrogen-bond acceptors (Lipinski definition) is 6. The van der Waals surface area contributed by atoms with Crippen molar-refractivity contribution in [1.29, 1.82) is 0 Å². The van der Waals surface area contributed by atoms with E-state index in [1.807, 2.05) is 18.7 Å². The number of amides is 2. The second kappa shape index (κ2) is 8.59. The fraction of sp³-hybridized carbons (Fsp3) is 0.737. The van der Waals surface area contributed by atoms with Crippen LogP contribution in [0.25, 0.3) is 0 Å². The fourth-order valence-electron chi connectivity index (χ4n) is 3.77. The van der Waals surface area contributed by atoms with Crippen molar-refractivity contribution in [1.82, 2.24) is 14.8 Å². The van der Waals surface area contributed by atoms with E-state index in [-0.39, 0.29) is 17.2 Å². The number of carbonyl (C=O) groups excluding carboxylic acids is 2. The number of imide groups is 1. The Morgan fingerprint density at radius 3 is 2.17 bits per heavy atom. The van der Waals surface area contributed by atoms with E-state index < -0.39 is 11.9 Å². The lowest BCUT2D eigenvalue weighted by molar-refractivity contribution is -0.152. The number of aromatic nitrogens is 1. The summed E-state index contributed by atoms with van der Waals surface area (Å²) in [5.41, 5.74) is -1.08. The molecule has 3 rings (SSSR count). The lowest BCUT2D eigenvalue weighted by atomic mass is 9.82. The van der Waals surface area contributed by atoms with E-state index in [9.17, 15) is 22.8 Å². The number of nitrogens with zero attached hydrogens (tertiary/aromatic N) is 4. The fourth-order valence-corrected chi connectivity index (χ4v) is 4.65. The van der Waals surface area contributed by atoms with Gasteiger partial charge >= 0.3 is 6.18 Å². The highest BCUT2D eigenvalue weighted by atomic mass is 32.1. The number of anilines is 1. The summed E-state index contributed by atoms with van der Waals surface area (Å²) in [6.45, 7) is 8.00. The molecule has 162 valence electrons. The van der Waals surface area contributed by atoms with Crippen molar-refractivity contribution >= 4 is 28.3 Å². The molecule has 0 bridgehead atoms. The van der Waals surface area contributed by atoms with E-state index in [0.717, 1.165) is 49.2 Å². The predicted octanol–water partition coefficient (Wildman–Crippen LogP) is 3.24. The Morgan fingerprint density at radius 2 is 1.62 bits per heavy atom. The molecule has 0 atom stereocenters. The first-order valence-electron chi connectivity index (χ1n) is 9.88. The van der Waals surface area contributed by atoms with Crippen molar-refractivity contribution in [3.05, 3.63) is 11.1 Å². The highest BCUT2D eigenvalue weighted by Gasteiger charge is 2.37. The molecule has 0 spiro atoms. The van der Waals surface area contributed by atoms with Gasteiger partial charge < -0.3 is 4.90 Å². The Kier molecular flexibility index (Phi) is 6.52. The zero-order valence-electron chi connectivity index (χ0n) is 16.8. The van der Waals surface area contributed by atoms with Gasteiger partial charge in [0.15, 0.2) is 10.8 Å². The minimum absolute atomic E-state index is 0.0819. The standard InChI is InChI=1S/C19H27F3N4O2S/c1-18(2)11-15(27)26(16(28)12-18)6-4-3-5-24-7-9-25(10-8-24)17-23-14(13-29-17)19(20,21)22/h13H,3-12H2,1-2H3. The average molecular weight is 433 g/mol. The number of alkyl halides is 3. The van der Waals surface area contributed by atoms with Gasteiger partial charge in [0.2, 0.25) is 11.8 Å². The summed E-state index contributed by atoms with van der Waals surface area (Å²) >= 11 is 1.03. The number of unbranched alkanes of at least 4 members (excludes halogenated alkanes) is 1. The van der Waals surface area contributed by atoms with Gasteiger partial charge in [-0.25, -0.2) is 4.98 Å². The van der Waals surface area contributed by atoms with Crippen molar-refractivity contribution in [3.63, 3.8) is 0 Å². The van der Waals surface area contributed by atoms with Crippen LogP contribution in [-0.2, 0) is 15.8 Å². The summed E-state index contributed by atoms with van der Waals surface area (Å²) in [6, 6.07) is 0. The Balaban J connectivity index is 1.37. The number of piperidine rings is 1. The van der Waals surface area contributed by atoms with Gasteiger partial charge in [-0.05, 0) is 24.8 Å². The monoisotopic (exact) mass is 432 g/mol. The largest absolute Gasteiger partial charge is 0.434 e. The molecule has 2 amide bonds. The normalized spacial score (nSPS) is 21.1. The first kappa shape index (κ1) is 22.0. The summed E-state index contributed by atoms with van der Waals surface area (Å²) < 4.78 is 38.1. The zero-order valence-corrected chi connectivity index (χ0v) is 17.6. The summed E-state index contributed by atoms with van der Waals surface area (Å²) in [5, 5.41) is 1.48.